The highest BCUT2D eigenvalue weighted by Gasteiger charge is 2.48. The number of fused-ring (bicyclic) bond motifs is 1. The molecular formula is C24H15ClF5IN2O2. The maximum atomic E-state index is 13.9. The standard InChI is InChI=1S/C24H15ClF5IN2O2/c1-24(25)21-19(31)4-12(22(34)32-9-16-17(29)7-15(28)8-18(16)30)5-20(21)33(23(24)35)10-11-2-13(26)6-14(27)3-11/h2-8H,9-10H2,1H3,(H,32,34). The number of nitrogens with zero attached hydrogens (tertiary/aromatic N) is 1. The number of anilines is 1. The largest absolute Gasteiger partial charge is 0.348 e. The normalized spacial score (nSPS) is 17.0. The van der Waals surface area contributed by atoms with Crippen molar-refractivity contribution in [2.24, 2.45) is 0 Å². The summed E-state index contributed by atoms with van der Waals surface area (Å²) >= 11 is 8.44. The Balaban J connectivity index is 1.66. The summed E-state index contributed by atoms with van der Waals surface area (Å²) in [7, 11) is 0. The van der Waals surface area contributed by atoms with Gasteiger partial charge in [-0.2, -0.15) is 0 Å². The molecule has 11 heteroatoms. The number of amides is 2. The highest BCUT2D eigenvalue weighted by molar-refractivity contribution is 14.1. The summed E-state index contributed by atoms with van der Waals surface area (Å²) in [5.41, 5.74) is 0.369. The van der Waals surface area contributed by atoms with Gasteiger partial charge >= 0.3 is 0 Å². The van der Waals surface area contributed by atoms with Gasteiger partial charge in [0.1, 0.15) is 34.0 Å². The van der Waals surface area contributed by atoms with E-state index in [0.29, 0.717) is 27.3 Å². The van der Waals surface area contributed by atoms with Crippen molar-refractivity contribution >= 4 is 51.7 Å². The fraction of sp³-hybridized carbons (Fsp3) is 0.167. The SMILES string of the molecule is CC1(Cl)C(=O)N(Cc2cc(F)cc(F)c2)c2cc(C(=O)NCc3c(F)cc(F)cc3F)cc(I)c21. The molecule has 4 nitrogen and oxygen atoms in total. The summed E-state index contributed by atoms with van der Waals surface area (Å²) in [5.74, 6) is -6.29. The van der Waals surface area contributed by atoms with Crippen LogP contribution in [0.5, 0.6) is 0 Å². The molecule has 0 saturated carbocycles. The third-order valence-electron chi connectivity index (χ3n) is 5.53. The van der Waals surface area contributed by atoms with E-state index in [4.69, 9.17) is 11.6 Å². The van der Waals surface area contributed by atoms with Crippen LogP contribution in [-0.4, -0.2) is 11.8 Å². The summed E-state index contributed by atoms with van der Waals surface area (Å²) in [6.45, 7) is 0.711. The molecule has 1 N–H and O–H groups in total. The van der Waals surface area contributed by atoms with E-state index in [-0.39, 0.29) is 23.4 Å². The van der Waals surface area contributed by atoms with Gasteiger partial charge in [0, 0.05) is 45.0 Å². The van der Waals surface area contributed by atoms with Gasteiger partial charge in [0.05, 0.1) is 12.2 Å². The fourth-order valence-corrected chi connectivity index (χ4v) is 5.54. The summed E-state index contributed by atoms with van der Waals surface area (Å²) in [5, 5.41) is 2.37. The molecule has 3 aromatic rings. The number of hydrogen-bond acceptors (Lipinski definition) is 2. The van der Waals surface area contributed by atoms with Gasteiger partial charge in [-0.15, -0.1) is 11.6 Å². The third-order valence-corrected chi connectivity index (χ3v) is 6.73. The highest BCUT2D eigenvalue weighted by Crippen LogP contribution is 2.48. The van der Waals surface area contributed by atoms with Crippen molar-refractivity contribution in [1.29, 1.82) is 0 Å². The third kappa shape index (κ3) is 4.86. The predicted octanol–water partition coefficient (Wildman–Crippen LogP) is 5.92. The van der Waals surface area contributed by atoms with Gasteiger partial charge in [0.25, 0.3) is 11.8 Å². The first-order valence-electron chi connectivity index (χ1n) is 10.1. The molecule has 0 aliphatic carbocycles. The van der Waals surface area contributed by atoms with E-state index in [2.05, 4.69) is 5.32 Å². The Morgan fingerprint density at radius 3 is 2.14 bits per heavy atom. The second-order valence-electron chi connectivity index (χ2n) is 8.05. The molecule has 4 rings (SSSR count). The molecule has 1 atom stereocenters. The summed E-state index contributed by atoms with van der Waals surface area (Å²) in [6, 6.07) is 6.68. The Bertz CT molecular complexity index is 1340. The number of carbonyl (C=O) groups is 2. The molecule has 0 saturated heterocycles. The zero-order valence-electron chi connectivity index (χ0n) is 17.9. The van der Waals surface area contributed by atoms with Crippen molar-refractivity contribution in [1.82, 2.24) is 5.32 Å². The topological polar surface area (TPSA) is 49.4 Å². The molecule has 1 aliphatic heterocycles. The van der Waals surface area contributed by atoms with E-state index in [9.17, 15) is 31.5 Å². The van der Waals surface area contributed by atoms with Gasteiger partial charge in [0.15, 0.2) is 0 Å². The van der Waals surface area contributed by atoms with Gasteiger partial charge in [-0.1, -0.05) is 0 Å². The molecule has 1 heterocycles. The molecule has 0 fully saturated rings. The number of rotatable bonds is 5. The van der Waals surface area contributed by atoms with Crippen molar-refractivity contribution in [3.8, 4) is 0 Å². The zero-order chi connectivity index (χ0) is 25.7. The number of halogens is 7. The first kappa shape index (κ1) is 25.4. The zero-order valence-corrected chi connectivity index (χ0v) is 20.8. The lowest BCUT2D eigenvalue weighted by molar-refractivity contribution is -0.120. The molecule has 182 valence electrons. The average Bonchev–Trinajstić information content (AvgIpc) is 2.92. The van der Waals surface area contributed by atoms with Crippen LogP contribution in [0.3, 0.4) is 0 Å². The van der Waals surface area contributed by atoms with Crippen LogP contribution in [0.4, 0.5) is 27.6 Å². The summed E-state index contributed by atoms with van der Waals surface area (Å²) < 4.78 is 68.8. The second-order valence-corrected chi connectivity index (χ2v) is 9.97. The van der Waals surface area contributed by atoms with E-state index < -0.39 is 57.9 Å². The first-order valence-corrected chi connectivity index (χ1v) is 11.6. The Kier molecular flexibility index (Phi) is 6.80. The van der Waals surface area contributed by atoms with Crippen molar-refractivity contribution in [2.75, 3.05) is 4.90 Å². The van der Waals surface area contributed by atoms with E-state index in [0.717, 1.165) is 12.1 Å². The summed E-state index contributed by atoms with van der Waals surface area (Å²) in [6.07, 6.45) is 0. The van der Waals surface area contributed by atoms with E-state index >= 15 is 0 Å². The molecule has 0 bridgehead atoms. The molecule has 1 unspecified atom stereocenters. The lowest BCUT2D eigenvalue weighted by atomic mass is 10.00. The molecule has 2 amide bonds. The van der Waals surface area contributed by atoms with Crippen LogP contribution in [0.25, 0.3) is 0 Å². The minimum atomic E-state index is -1.49. The van der Waals surface area contributed by atoms with Crippen molar-refractivity contribution in [3.63, 3.8) is 0 Å². The molecule has 1 aliphatic rings. The first-order chi connectivity index (χ1) is 16.4. The Morgan fingerprint density at radius 1 is 0.971 bits per heavy atom. The molecule has 3 aromatic carbocycles. The van der Waals surface area contributed by atoms with E-state index in [1.54, 1.807) is 0 Å². The van der Waals surface area contributed by atoms with Crippen LogP contribution < -0.4 is 10.2 Å². The van der Waals surface area contributed by atoms with Gasteiger partial charge < -0.3 is 10.2 Å². The monoisotopic (exact) mass is 620 g/mol. The Morgan fingerprint density at radius 2 is 1.54 bits per heavy atom. The quantitative estimate of drug-likeness (QED) is 0.219. The number of alkyl halides is 1. The van der Waals surface area contributed by atoms with Gasteiger partial charge in [-0.25, -0.2) is 22.0 Å². The van der Waals surface area contributed by atoms with Gasteiger partial charge in [0.2, 0.25) is 0 Å². The second kappa shape index (κ2) is 9.38. The number of carbonyl (C=O) groups excluding carboxylic acids is 2. The van der Waals surface area contributed by atoms with E-state index in [1.165, 1.54) is 24.0 Å². The van der Waals surface area contributed by atoms with Crippen LogP contribution in [0.15, 0.2) is 42.5 Å². The molecule has 0 spiro atoms. The van der Waals surface area contributed by atoms with Crippen molar-refractivity contribution in [3.05, 3.63) is 97.4 Å². The van der Waals surface area contributed by atoms with Crippen LogP contribution >= 0.6 is 34.2 Å². The van der Waals surface area contributed by atoms with Crippen LogP contribution in [-0.2, 0) is 22.8 Å². The molecule has 0 aromatic heterocycles. The lowest BCUT2D eigenvalue weighted by Crippen LogP contribution is -2.34. The fourth-order valence-electron chi connectivity index (χ4n) is 3.92. The lowest BCUT2D eigenvalue weighted by Gasteiger charge is -2.19. The maximum Gasteiger partial charge on any atom is 0.252 e. The van der Waals surface area contributed by atoms with Crippen molar-refractivity contribution < 1.29 is 31.5 Å². The van der Waals surface area contributed by atoms with E-state index in [1.807, 2.05) is 22.6 Å². The molecular weight excluding hydrogens is 606 g/mol. The summed E-state index contributed by atoms with van der Waals surface area (Å²) in [4.78, 5) is 25.6. The Labute approximate surface area is 215 Å². The predicted molar refractivity (Wildman–Crippen MR) is 127 cm³/mol. The number of hydrogen-bond donors (Lipinski definition) is 1. The molecule has 35 heavy (non-hydrogen) atoms. The minimum Gasteiger partial charge on any atom is -0.348 e. The van der Waals surface area contributed by atoms with Crippen LogP contribution in [0, 0.1) is 32.7 Å². The molecule has 0 radical (unpaired) electrons. The van der Waals surface area contributed by atoms with Crippen molar-refractivity contribution in [2.45, 2.75) is 24.9 Å². The highest BCUT2D eigenvalue weighted by atomic mass is 127. The van der Waals surface area contributed by atoms with Crippen LogP contribution in [0.2, 0.25) is 0 Å². The van der Waals surface area contributed by atoms with Gasteiger partial charge in [-0.05, 0) is 59.3 Å². The number of nitrogens with one attached hydrogen (secondary N) is 1. The smallest absolute Gasteiger partial charge is 0.252 e. The Hall–Kier alpha value is -2.73. The number of benzene rings is 3. The average molecular weight is 621 g/mol. The maximum absolute atomic E-state index is 13.9. The van der Waals surface area contributed by atoms with Crippen LogP contribution in [0.1, 0.15) is 34.0 Å². The minimum absolute atomic E-state index is 0.0497. The van der Waals surface area contributed by atoms with Gasteiger partial charge in [-0.3, -0.25) is 9.59 Å².